The van der Waals surface area contributed by atoms with Crippen LogP contribution in [-0.4, -0.2) is 13.4 Å². The van der Waals surface area contributed by atoms with E-state index in [-0.39, 0.29) is 4.90 Å². The number of sulfonamides is 1. The van der Waals surface area contributed by atoms with E-state index < -0.39 is 16.2 Å². The van der Waals surface area contributed by atoms with Crippen molar-refractivity contribution >= 4 is 20.9 Å². The molecule has 1 saturated heterocycles. The average molecular weight is 356 g/mol. The van der Waals surface area contributed by atoms with Crippen LogP contribution in [0.4, 0.5) is 0 Å². The number of hydrogen-bond acceptors (Lipinski definition) is 7. The molecule has 0 atom stereocenters. The van der Waals surface area contributed by atoms with Crippen LogP contribution >= 0.6 is 0 Å². The van der Waals surface area contributed by atoms with Crippen molar-refractivity contribution in [3.05, 3.63) is 60.3 Å². The Morgan fingerprint density at radius 3 is 2.52 bits per heavy atom. The lowest BCUT2D eigenvalue weighted by Crippen LogP contribution is -2.33. The first-order valence-electron chi connectivity index (χ1n) is 7.56. The second-order valence-electron chi connectivity index (χ2n) is 5.65. The van der Waals surface area contributed by atoms with E-state index in [1.807, 2.05) is 36.4 Å². The Bertz CT molecular complexity index is 1050. The van der Waals surface area contributed by atoms with Gasteiger partial charge >= 0.3 is 0 Å². The van der Waals surface area contributed by atoms with Crippen LogP contribution in [0, 0.1) is 0 Å². The summed E-state index contributed by atoms with van der Waals surface area (Å²) in [7, 11) is -3.90. The summed E-state index contributed by atoms with van der Waals surface area (Å²) in [6.45, 7) is 0. The zero-order valence-corrected chi connectivity index (χ0v) is 13.8. The van der Waals surface area contributed by atoms with Gasteiger partial charge in [-0.05, 0) is 23.8 Å². The van der Waals surface area contributed by atoms with Gasteiger partial charge in [0.2, 0.25) is 10.0 Å². The van der Waals surface area contributed by atoms with Gasteiger partial charge < -0.3 is 0 Å². The molecule has 0 unspecified atom stereocenters. The van der Waals surface area contributed by atoms with Crippen molar-refractivity contribution in [1.29, 1.82) is 0 Å². The summed E-state index contributed by atoms with van der Waals surface area (Å²) in [4.78, 5) is 4.51. The minimum absolute atomic E-state index is 0.0497. The number of hydrazine groups is 3. The van der Waals surface area contributed by atoms with E-state index in [0.29, 0.717) is 5.56 Å². The molecular formula is C16H16N6O2S. The third kappa shape index (κ3) is 3.00. The van der Waals surface area contributed by atoms with Crippen LogP contribution in [0.2, 0.25) is 0 Å². The third-order valence-corrected chi connectivity index (χ3v) is 5.03. The molecule has 0 saturated carbocycles. The van der Waals surface area contributed by atoms with E-state index in [9.17, 15) is 8.42 Å². The molecule has 0 spiro atoms. The lowest BCUT2D eigenvalue weighted by Gasteiger charge is -2.18. The molecule has 6 N–H and O–H groups in total. The minimum atomic E-state index is -3.90. The lowest BCUT2D eigenvalue weighted by molar-refractivity contribution is 0.540. The van der Waals surface area contributed by atoms with E-state index in [2.05, 4.69) is 26.9 Å². The fourth-order valence-electron chi connectivity index (χ4n) is 2.96. The monoisotopic (exact) mass is 356 g/mol. The first-order chi connectivity index (χ1) is 12.0. The van der Waals surface area contributed by atoms with Crippen molar-refractivity contribution in [2.45, 2.75) is 11.1 Å². The van der Waals surface area contributed by atoms with Crippen molar-refractivity contribution in [2.24, 2.45) is 5.14 Å². The maximum Gasteiger partial charge on any atom is 0.238 e. The molecule has 3 aromatic rings. The smallest absolute Gasteiger partial charge is 0.238 e. The summed E-state index contributed by atoms with van der Waals surface area (Å²) in [5.41, 5.74) is 14.1. The number of nitrogens with zero attached hydrogens (tertiary/aromatic N) is 1. The second-order valence-corrected chi connectivity index (χ2v) is 7.18. The molecule has 1 aliphatic heterocycles. The molecule has 0 amide bonds. The van der Waals surface area contributed by atoms with Crippen molar-refractivity contribution < 1.29 is 8.42 Å². The Kier molecular flexibility index (Phi) is 3.96. The van der Waals surface area contributed by atoms with Gasteiger partial charge in [-0.25, -0.2) is 24.4 Å². The first-order valence-corrected chi connectivity index (χ1v) is 9.10. The highest BCUT2D eigenvalue weighted by atomic mass is 32.2. The zero-order valence-electron chi connectivity index (χ0n) is 13.0. The van der Waals surface area contributed by atoms with Crippen LogP contribution in [0.3, 0.4) is 0 Å². The fourth-order valence-corrected chi connectivity index (χ4v) is 3.76. The Hall–Kier alpha value is -2.40. The molecule has 1 fully saturated rings. The molecular weight excluding hydrogens is 340 g/mol. The van der Waals surface area contributed by atoms with E-state index in [1.165, 1.54) is 6.07 Å². The maximum absolute atomic E-state index is 12.1. The van der Waals surface area contributed by atoms with Crippen molar-refractivity contribution in [2.75, 3.05) is 0 Å². The highest BCUT2D eigenvalue weighted by Crippen LogP contribution is 2.33. The molecule has 25 heavy (non-hydrogen) atoms. The van der Waals surface area contributed by atoms with Crippen LogP contribution in [0.5, 0.6) is 0 Å². The van der Waals surface area contributed by atoms with Gasteiger partial charge in [0.1, 0.15) is 6.17 Å². The number of nitrogens with two attached hydrogens (primary N) is 1. The molecule has 0 aliphatic carbocycles. The number of primary sulfonamides is 1. The summed E-state index contributed by atoms with van der Waals surface area (Å²) < 4.78 is 24.1. The summed E-state index contributed by atoms with van der Waals surface area (Å²) in [6.07, 6.45) is 1.24. The van der Waals surface area contributed by atoms with Gasteiger partial charge in [0.05, 0.1) is 10.4 Å². The molecule has 0 bridgehead atoms. The molecule has 2 aromatic carbocycles. The number of pyridine rings is 1. The molecule has 8 nitrogen and oxygen atoms in total. The summed E-state index contributed by atoms with van der Waals surface area (Å²) >= 11 is 0. The minimum Gasteiger partial charge on any atom is -0.256 e. The number of hydrogen-bond donors (Lipinski definition) is 5. The fraction of sp³-hybridized carbons (Fsp3) is 0.0625. The summed E-state index contributed by atoms with van der Waals surface area (Å²) in [6, 6.07) is 14.7. The average Bonchev–Trinajstić information content (AvgIpc) is 3.14. The standard InChI is InChI=1S/C16H16N6O2S/c17-25(23,24)14-7-3-5-12(15(14)16-19-21-22-20-16)11-8-10-4-1-2-6-13(10)18-9-11/h1-9,16,19-22H,(H2,17,23,24). The summed E-state index contributed by atoms with van der Waals surface area (Å²) in [5, 5.41) is 6.39. The number of rotatable bonds is 3. The number of aromatic nitrogens is 1. The number of fused-ring (bicyclic) bond motifs is 1. The predicted molar refractivity (Wildman–Crippen MR) is 93.8 cm³/mol. The van der Waals surface area contributed by atoms with Crippen LogP contribution in [0.15, 0.2) is 59.6 Å². The zero-order chi connectivity index (χ0) is 17.4. The molecule has 4 rings (SSSR count). The Labute approximate surface area is 144 Å². The maximum atomic E-state index is 12.1. The molecule has 128 valence electrons. The van der Waals surface area contributed by atoms with Crippen molar-refractivity contribution in [1.82, 2.24) is 26.9 Å². The normalized spacial score (nSPS) is 15.7. The molecule has 1 aliphatic rings. The van der Waals surface area contributed by atoms with Crippen molar-refractivity contribution in [3.8, 4) is 11.1 Å². The van der Waals surface area contributed by atoms with Gasteiger partial charge in [-0.2, -0.15) is 11.1 Å². The van der Waals surface area contributed by atoms with Crippen LogP contribution in [0.1, 0.15) is 11.7 Å². The van der Waals surface area contributed by atoms with Gasteiger partial charge in [0.15, 0.2) is 0 Å². The molecule has 0 radical (unpaired) electrons. The number of benzene rings is 2. The van der Waals surface area contributed by atoms with Gasteiger partial charge in [-0.15, -0.1) is 0 Å². The van der Waals surface area contributed by atoms with E-state index >= 15 is 0 Å². The Morgan fingerprint density at radius 2 is 1.76 bits per heavy atom. The van der Waals surface area contributed by atoms with Crippen LogP contribution in [-0.2, 0) is 10.0 Å². The predicted octanol–water partition coefficient (Wildman–Crippen LogP) is 0.665. The van der Waals surface area contributed by atoms with E-state index in [4.69, 9.17) is 5.14 Å². The number of para-hydroxylation sites is 1. The Balaban J connectivity index is 1.96. The van der Waals surface area contributed by atoms with Gasteiger partial charge in [0.25, 0.3) is 0 Å². The first kappa shape index (κ1) is 16.1. The van der Waals surface area contributed by atoms with Gasteiger partial charge in [-0.3, -0.25) is 4.98 Å². The third-order valence-electron chi connectivity index (χ3n) is 4.06. The van der Waals surface area contributed by atoms with E-state index in [1.54, 1.807) is 12.3 Å². The largest absolute Gasteiger partial charge is 0.256 e. The van der Waals surface area contributed by atoms with Crippen molar-refractivity contribution in [3.63, 3.8) is 0 Å². The lowest BCUT2D eigenvalue weighted by atomic mass is 9.98. The van der Waals surface area contributed by atoms with Gasteiger partial charge in [0, 0.05) is 22.7 Å². The Morgan fingerprint density at radius 1 is 1.00 bits per heavy atom. The topological polar surface area (TPSA) is 121 Å². The summed E-state index contributed by atoms with van der Waals surface area (Å²) in [5.74, 6) is 0. The highest BCUT2D eigenvalue weighted by molar-refractivity contribution is 7.89. The molecule has 1 aromatic heterocycles. The van der Waals surface area contributed by atoms with Crippen LogP contribution in [0.25, 0.3) is 22.0 Å². The van der Waals surface area contributed by atoms with E-state index in [0.717, 1.165) is 22.0 Å². The van der Waals surface area contributed by atoms with Crippen LogP contribution < -0.4 is 27.1 Å². The highest BCUT2D eigenvalue weighted by Gasteiger charge is 2.27. The number of nitrogens with one attached hydrogen (secondary N) is 4. The quantitative estimate of drug-likeness (QED) is 0.467. The second kappa shape index (κ2) is 6.15. The SMILES string of the molecule is NS(=O)(=O)c1cccc(-c2cnc3ccccc3c2)c1C1NNNN1. The van der Waals surface area contributed by atoms with Gasteiger partial charge in [-0.1, -0.05) is 30.3 Å². The molecule has 9 heteroatoms. The molecule has 2 heterocycles.